The number of ether oxygens (including phenoxy) is 1. The van der Waals surface area contributed by atoms with Crippen molar-refractivity contribution in [1.29, 1.82) is 0 Å². The van der Waals surface area contributed by atoms with E-state index in [4.69, 9.17) is 4.74 Å². The SMILES string of the molecule is CC(=O)Oc1ccc(C[n+]2ccccc2)cc1.[Br-]. The third-order valence-corrected chi connectivity index (χ3v) is 2.33. The molecule has 2 rings (SSSR count). The van der Waals surface area contributed by atoms with E-state index in [-0.39, 0.29) is 23.0 Å². The monoisotopic (exact) mass is 307 g/mol. The lowest BCUT2D eigenvalue weighted by Crippen LogP contribution is -3.00. The molecule has 0 N–H and O–H groups in total. The minimum absolute atomic E-state index is 0. The van der Waals surface area contributed by atoms with E-state index < -0.39 is 0 Å². The Morgan fingerprint density at radius 2 is 1.72 bits per heavy atom. The Morgan fingerprint density at radius 3 is 2.28 bits per heavy atom. The van der Waals surface area contributed by atoms with E-state index in [0.717, 1.165) is 12.1 Å². The first kappa shape index (κ1) is 14.4. The van der Waals surface area contributed by atoms with Crippen LogP contribution in [-0.4, -0.2) is 5.97 Å². The second-order valence-electron chi connectivity index (χ2n) is 3.79. The third kappa shape index (κ3) is 4.30. The summed E-state index contributed by atoms with van der Waals surface area (Å²) < 4.78 is 7.06. The van der Waals surface area contributed by atoms with E-state index in [1.807, 2.05) is 42.7 Å². The van der Waals surface area contributed by atoms with Crippen LogP contribution in [-0.2, 0) is 11.3 Å². The smallest absolute Gasteiger partial charge is 0.308 e. The van der Waals surface area contributed by atoms with Crippen molar-refractivity contribution in [3.8, 4) is 5.75 Å². The fourth-order valence-corrected chi connectivity index (χ4v) is 1.58. The van der Waals surface area contributed by atoms with Gasteiger partial charge in [0.25, 0.3) is 0 Å². The highest BCUT2D eigenvalue weighted by Crippen LogP contribution is 2.12. The van der Waals surface area contributed by atoms with E-state index in [0.29, 0.717) is 5.75 Å². The molecule has 0 amide bonds. The number of benzene rings is 1. The Bertz CT molecular complexity index is 497. The highest BCUT2D eigenvalue weighted by Gasteiger charge is 2.02. The van der Waals surface area contributed by atoms with E-state index in [2.05, 4.69) is 4.57 Å². The molecule has 1 heterocycles. The maximum atomic E-state index is 10.8. The number of carbonyl (C=O) groups is 1. The second-order valence-corrected chi connectivity index (χ2v) is 3.79. The lowest BCUT2D eigenvalue weighted by Gasteiger charge is -2.01. The van der Waals surface area contributed by atoms with E-state index in [1.165, 1.54) is 6.92 Å². The van der Waals surface area contributed by atoms with Crippen molar-refractivity contribution in [3.63, 3.8) is 0 Å². The number of esters is 1. The molecule has 1 aromatic carbocycles. The van der Waals surface area contributed by atoms with Crippen LogP contribution in [0.2, 0.25) is 0 Å². The number of carbonyl (C=O) groups excluding carboxylic acids is 1. The molecule has 0 saturated carbocycles. The third-order valence-electron chi connectivity index (χ3n) is 2.33. The minimum atomic E-state index is -0.296. The summed E-state index contributed by atoms with van der Waals surface area (Å²) in [6.45, 7) is 2.20. The molecule has 94 valence electrons. The highest BCUT2D eigenvalue weighted by molar-refractivity contribution is 5.69. The summed E-state index contributed by atoms with van der Waals surface area (Å²) in [7, 11) is 0. The van der Waals surface area contributed by atoms with Crippen molar-refractivity contribution in [2.24, 2.45) is 0 Å². The molecule has 0 fully saturated rings. The first-order chi connectivity index (χ1) is 8.24. The zero-order chi connectivity index (χ0) is 12.1. The van der Waals surface area contributed by atoms with Gasteiger partial charge in [-0.2, -0.15) is 0 Å². The quantitative estimate of drug-likeness (QED) is 0.412. The van der Waals surface area contributed by atoms with Crippen LogP contribution in [0.5, 0.6) is 5.75 Å². The number of hydrogen-bond donors (Lipinski definition) is 0. The van der Waals surface area contributed by atoms with Gasteiger partial charge in [0.05, 0.1) is 0 Å². The van der Waals surface area contributed by atoms with Crippen LogP contribution in [0, 0.1) is 0 Å². The zero-order valence-corrected chi connectivity index (χ0v) is 11.6. The lowest BCUT2D eigenvalue weighted by molar-refractivity contribution is -0.688. The first-order valence-corrected chi connectivity index (χ1v) is 5.45. The van der Waals surface area contributed by atoms with Gasteiger partial charge in [0.2, 0.25) is 0 Å². The van der Waals surface area contributed by atoms with Crippen molar-refractivity contribution in [1.82, 2.24) is 0 Å². The van der Waals surface area contributed by atoms with Crippen LogP contribution >= 0.6 is 0 Å². The van der Waals surface area contributed by atoms with Crippen LogP contribution in [0.25, 0.3) is 0 Å². The molecular weight excluding hydrogens is 294 g/mol. The second kappa shape index (κ2) is 6.91. The average Bonchev–Trinajstić information content (AvgIpc) is 2.32. The Labute approximate surface area is 117 Å². The molecule has 0 aliphatic heterocycles. The Morgan fingerprint density at radius 1 is 1.11 bits per heavy atom. The highest BCUT2D eigenvalue weighted by atomic mass is 79.9. The van der Waals surface area contributed by atoms with Crippen LogP contribution < -0.4 is 26.3 Å². The van der Waals surface area contributed by atoms with E-state index in [1.54, 1.807) is 12.1 Å². The standard InChI is InChI=1S/C14H14NO2.BrH/c1-12(16)17-14-7-5-13(6-8-14)11-15-9-3-2-4-10-15;/h2-10H,11H2,1H3;1H/q+1;/p-1. The van der Waals surface area contributed by atoms with Crippen molar-refractivity contribution >= 4 is 5.97 Å². The Balaban J connectivity index is 0.00000162. The van der Waals surface area contributed by atoms with Gasteiger partial charge in [-0.05, 0) is 24.3 Å². The molecule has 18 heavy (non-hydrogen) atoms. The molecule has 4 heteroatoms. The average molecular weight is 308 g/mol. The fourth-order valence-electron chi connectivity index (χ4n) is 1.58. The molecule has 0 unspecified atom stereocenters. The fraction of sp³-hybridized carbons (Fsp3) is 0.143. The number of halogens is 1. The summed E-state index contributed by atoms with van der Waals surface area (Å²) in [6, 6.07) is 13.5. The maximum Gasteiger partial charge on any atom is 0.308 e. The number of pyridine rings is 1. The molecule has 0 saturated heterocycles. The van der Waals surface area contributed by atoms with E-state index >= 15 is 0 Å². The van der Waals surface area contributed by atoms with Crippen molar-refractivity contribution < 1.29 is 31.1 Å². The zero-order valence-electron chi connectivity index (χ0n) is 10.0. The van der Waals surface area contributed by atoms with Crippen molar-refractivity contribution in [2.75, 3.05) is 0 Å². The predicted molar refractivity (Wildman–Crippen MR) is 63.5 cm³/mol. The lowest BCUT2D eigenvalue weighted by atomic mass is 10.2. The van der Waals surface area contributed by atoms with Crippen LogP contribution in [0.4, 0.5) is 0 Å². The van der Waals surface area contributed by atoms with Gasteiger partial charge in [-0.15, -0.1) is 0 Å². The van der Waals surface area contributed by atoms with Crippen LogP contribution in [0.1, 0.15) is 12.5 Å². The predicted octanol–water partition coefficient (Wildman–Crippen LogP) is -1.05. The molecule has 0 bridgehead atoms. The molecule has 0 radical (unpaired) electrons. The normalized spacial score (nSPS) is 9.39. The summed E-state index contributed by atoms with van der Waals surface area (Å²) in [5, 5.41) is 0. The molecule has 3 nitrogen and oxygen atoms in total. The Hall–Kier alpha value is -1.68. The van der Waals surface area contributed by atoms with Gasteiger partial charge >= 0.3 is 5.97 Å². The van der Waals surface area contributed by atoms with Crippen LogP contribution in [0.3, 0.4) is 0 Å². The van der Waals surface area contributed by atoms with E-state index in [9.17, 15) is 4.79 Å². The number of rotatable bonds is 3. The van der Waals surface area contributed by atoms with Gasteiger partial charge < -0.3 is 21.7 Å². The Kier molecular flexibility index (Phi) is 5.52. The minimum Gasteiger partial charge on any atom is -1.00 e. The number of nitrogens with zero attached hydrogens (tertiary/aromatic N) is 1. The molecule has 0 spiro atoms. The number of hydrogen-bond acceptors (Lipinski definition) is 2. The van der Waals surface area contributed by atoms with Gasteiger partial charge in [0.15, 0.2) is 18.9 Å². The van der Waals surface area contributed by atoms with Crippen molar-refractivity contribution in [2.45, 2.75) is 13.5 Å². The summed E-state index contributed by atoms with van der Waals surface area (Å²) in [5.74, 6) is 0.287. The molecular formula is C14H14BrNO2. The van der Waals surface area contributed by atoms with Gasteiger partial charge in [0, 0.05) is 24.6 Å². The summed E-state index contributed by atoms with van der Waals surface area (Å²) in [6.07, 6.45) is 4.03. The molecule has 0 aliphatic carbocycles. The maximum absolute atomic E-state index is 10.8. The van der Waals surface area contributed by atoms with Crippen LogP contribution in [0.15, 0.2) is 54.9 Å². The largest absolute Gasteiger partial charge is 1.00 e. The topological polar surface area (TPSA) is 30.2 Å². The summed E-state index contributed by atoms with van der Waals surface area (Å²) >= 11 is 0. The van der Waals surface area contributed by atoms with Gasteiger partial charge in [-0.25, -0.2) is 4.57 Å². The first-order valence-electron chi connectivity index (χ1n) is 5.45. The summed E-state index contributed by atoms with van der Waals surface area (Å²) in [5.41, 5.74) is 1.16. The van der Waals surface area contributed by atoms with Gasteiger partial charge in [-0.3, -0.25) is 4.79 Å². The molecule has 1 aromatic heterocycles. The molecule has 0 atom stereocenters. The van der Waals surface area contributed by atoms with Gasteiger partial charge in [-0.1, -0.05) is 6.07 Å². The molecule has 0 aliphatic rings. The molecule has 2 aromatic rings. The number of aromatic nitrogens is 1. The van der Waals surface area contributed by atoms with Crippen molar-refractivity contribution in [3.05, 3.63) is 60.4 Å². The summed E-state index contributed by atoms with van der Waals surface area (Å²) in [4.78, 5) is 10.8. The van der Waals surface area contributed by atoms with Gasteiger partial charge in [0.1, 0.15) is 5.75 Å².